The minimum Gasteiger partial charge on any atom is -0.308 e. The maximum Gasteiger partial charge on any atom is 0.416 e. The molecule has 4 heterocycles. The molecule has 0 fully saturated rings. The standard InChI is InChI=1S/C61H35F3N6/c62-61(63,64)47-28-38(34-65)27-46(31-47)60-58(69-54-17-9-7-15-48(54)50-32-42(21-25-56(50)69)44-19-23-52(67-36-44)40-11-3-1-4-12-40)29-39(35-66)30-59(60)70-55-18-10-8-16-49(55)51-33-43(22-26-57(51)70)45-20-24-53(68-37-45)41-13-5-2-6-14-41/h1-33,36-37H. The van der Waals surface area contributed by atoms with E-state index in [2.05, 4.69) is 18.2 Å². The van der Waals surface area contributed by atoms with Gasteiger partial charge in [-0.25, -0.2) is 0 Å². The van der Waals surface area contributed by atoms with Crippen LogP contribution in [0.5, 0.6) is 0 Å². The third-order valence-corrected chi connectivity index (χ3v) is 13.1. The SMILES string of the molecule is N#Cc1cc(-c2c(-n3c4ccccc4c4cc(-c5ccc(-c6ccccc6)nc5)ccc43)cc(C#N)cc2-n2c3ccccc3c3cc(-c4ccc(-c5ccccc5)nc4)ccc32)cc(C(F)(F)F)c1. The normalized spacial score (nSPS) is 11.6. The predicted molar refractivity (Wildman–Crippen MR) is 272 cm³/mol. The van der Waals surface area contributed by atoms with Crippen molar-refractivity contribution in [3.8, 4) is 79.4 Å². The Morgan fingerprint density at radius 2 is 0.800 bits per heavy atom. The molecule has 0 atom stereocenters. The van der Waals surface area contributed by atoms with Gasteiger partial charge in [-0.05, 0) is 95.6 Å². The lowest BCUT2D eigenvalue weighted by Gasteiger charge is -2.22. The largest absolute Gasteiger partial charge is 0.416 e. The Bertz CT molecular complexity index is 3880. The molecule has 12 aromatic rings. The lowest BCUT2D eigenvalue weighted by atomic mass is 9.94. The summed E-state index contributed by atoms with van der Waals surface area (Å²) in [6.45, 7) is 0. The molecular weight excluding hydrogens is 874 g/mol. The molecule has 0 saturated heterocycles. The van der Waals surface area contributed by atoms with Crippen LogP contribution in [0.15, 0.2) is 213 Å². The minimum absolute atomic E-state index is 0.149. The lowest BCUT2D eigenvalue weighted by molar-refractivity contribution is -0.137. The monoisotopic (exact) mass is 908 g/mol. The lowest BCUT2D eigenvalue weighted by Crippen LogP contribution is -2.08. The van der Waals surface area contributed by atoms with Gasteiger partial charge in [0.25, 0.3) is 0 Å². The summed E-state index contributed by atoms with van der Waals surface area (Å²) in [6, 6.07) is 67.4. The van der Waals surface area contributed by atoms with Gasteiger partial charge in [-0.15, -0.1) is 0 Å². The van der Waals surface area contributed by atoms with Crippen LogP contribution in [0.4, 0.5) is 13.2 Å². The molecule has 0 aliphatic heterocycles. The Labute approximate surface area is 399 Å². The highest BCUT2D eigenvalue weighted by molar-refractivity contribution is 6.13. The fraction of sp³-hybridized carbons (Fsp3) is 0.0164. The first-order valence-electron chi connectivity index (χ1n) is 22.6. The van der Waals surface area contributed by atoms with Crippen molar-refractivity contribution in [3.63, 3.8) is 0 Å². The summed E-state index contributed by atoms with van der Waals surface area (Å²) < 4.78 is 48.7. The maximum absolute atomic E-state index is 14.9. The van der Waals surface area contributed by atoms with Gasteiger partial charge in [-0.1, -0.05) is 121 Å². The van der Waals surface area contributed by atoms with E-state index in [9.17, 15) is 23.7 Å². The number of halogens is 3. The second-order valence-electron chi connectivity index (χ2n) is 17.2. The van der Waals surface area contributed by atoms with Crippen LogP contribution in [0.1, 0.15) is 16.7 Å². The van der Waals surface area contributed by atoms with E-state index in [4.69, 9.17) is 9.97 Å². The topological polar surface area (TPSA) is 83.2 Å². The Kier molecular flexibility index (Phi) is 9.94. The third kappa shape index (κ3) is 7.13. The number of para-hydroxylation sites is 2. The Balaban J connectivity index is 1.11. The molecule has 0 bridgehead atoms. The van der Waals surface area contributed by atoms with Crippen LogP contribution in [0, 0.1) is 22.7 Å². The molecule has 0 radical (unpaired) electrons. The molecule has 9 heteroatoms. The summed E-state index contributed by atoms with van der Waals surface area (Å²) in [4.78, 5) is 9.58. The summed E-state index contributed by atoms with van der Waals surface area (Å²) in [5.41, 5.74) is 11.2. The molecule has 70 heavy (non-hydrogen) atoms. The second kappa shape index (κ2) is 16.6. The molecule has 8 aromatic carbocycles. The van der Waals surface area contributed by atoms with Crippen LogP contribution in [-0.4, -0.2) is 19.1 Å². The van der Waals surface area contributed by atoms with Crippen LogP contribution in [0.25, 0.3) is 111 Å². The van der Waals surface area contributed by atoms with E-state index >= 15 is 0 Å². The van der Waals surface area contributed by atoms with Crippen LogP contribution < -0.4 is 0 Å². The first-order valence-corrected chi connectivity index (χ1v) is 22.6. The number of hydrogen-bond donors (Lipinski definition) is 0. The number of nitriles is 2. The second-order valence-corrected chi connectivity index (χ2v) is 17.2. The molecule has 0 unspecified atom stereocenters. The highest BCUT2D eigenvalue weighted by Gasteiger charge is 2.33. The van der Waals surface area contributed by atoms with E-state index in [0.717, 1.165) is 101 Å². The van der Waals surface area contributed by atoms with Crippen molar-refractivity contribution in [2.45, 2.75) is 6.18 Å². The molecule has 4 aromatic heterocycles. The molecule has 12 rings (SSSR count). The molecule has 0 saturated carbocycles. The van der Waals surface area contributed by atoms with E-state index in [1.165, 1.54) is 6.07 Å². The van der Waals surface area contributed by atoms with Gasteiger partial charge in [0, 0.05) is 61.8 Å². The number of nitrogens with zero attached hydrogens (tertiary/aromatic N) is 6. The molecule has 0 amide bonds. The van der Waals surface area contributed by atoms with Crippen LogP contribution in [-0.2, 0) is 6.18 Å². The number of alkyl halides is 3. The zero-order chi connectivity index (χ0) is 47.5. The molecule has 6 nitrogen and oxygen atoms in total. The van der Waals surface area contributed by atoms with E-state index in [1.807, 2.05) is 185 Å². The number of pyridine rings is 2. The smallest absolute Gasteiger partial charge is 0.308 e. The van der Waals surface area contributed by atoms with Crippen molar-refractivity contribution in [2.75, 3.05) is 0 Å². The maximum atomic E-state index is 14.9. The van der Waals surface area contributed by atoms with Crippen LogP contribution >= 0.6 is 0 Å². The zero-order valence-corrected chi connectivity index (χ0v) is 37.0. The quantitative estimate of drug-likeness (QED) is 0.159. The Hall–Kier alpha value is -9.57. The number of rotatable bonds is 7. The number of benzene rings is 8. The van der Waals surface area contributed by atoms with E-state index in [1.54, 1.807) is 12.1 Å². The number of fused-ring (bicyclic) bond motifs is 6. The molecule has 0 aliphatic rings. The van der Waals surface area contributed by atoms with Gasteiger partial charge in [0.1, 0.15) is 0 Å². The van der Waals surface area contributed by atoms with Crippen molar-refractivity contribution in [3.05, 3.63) is 229 Å². The highest BCUT2D eigenvalue weighted by Crippen LogP contribution is 2.45. The summed E-state index contributed by atoms with van der Waals surface area (Å²) >= 11 is 0. The third-order valence-electron chi connectivity index (χ3n) is 13.1. The van der Waals surface area contributed by atoms with Crippen LogP contribution in [0.2, 0.25) is 0 Å². The van der Waals surface area contributed by atoms with E-state index in [0.29, 0.717) is 22.5 Å². The van der Waals surface area contributed by atoms with Gasteiger partial charge in [0.2, 0.25) is 0 Å². The highest BCUT2D eigenvalue weighted by atomic mass is 19.4. The minimum atomic E-state index is -4.76. The van der Waals surface area contributed by atoms with Gasteiger partial charge in [0.05, 0.1) is 73.7 Å². The fourth-order valence-corrected chi connectivity index (χ4v) is 9.84. The molecular formula is C61H35F3N6. The van der Waals surface area contributed by atoms with Crippen molar-refractivity contribution < 1.29 is 13.2 Å². The fourth-order valence-electron chi connectivity index (χ4n) is 9.84. The van der Waals surface area contributed by atoms with Crippen LogP contribution in [0.3, 0.4) is 0 Å². The van der Waals surface area contributed by atoms with E-state index < -0.39 is 11.7 Å². The summed E-state index contributed by atoms with van der Waals surface area (Å²) in [5, 5.41) is 24.7. The number of hydrogen-bond acceptors (Lipinski definition) is 4. The summed E-state index contributed by atoms with van der Waals surface area (Å²) in [7, 11) is 0. The van der Waals surface area contributed by atoms with Gasteiger partial charge < -0.3 is 9.13 Å². The molecule has 0 aliphatic carbocycles. The van der Waals surface area contributed by atoms with Gasteiger partial charge >= 0.3 is 6.18 Å². The molecule has 0 spiro atoms. The average Bonchev–Trinajstić information content (AvgIpc) is 3.92. The molecule has 0 N–H and O–H groups in total. The first-order chi connectivity index (χ1) is 34.2. The van der Waals surface area contributed by atoms with Crippen molar-refractivity contribution >= 4 is 43.6 Å². The average molecular weight is 909 g/mol. The Morgan fingerprint density at radius 1 is 0.371 bits per heavy atom. The summed E-state index contributed by atoms with van der Waals surface area (Å²) in [6.07, 6.45) is -1.04. The Morgan fingerprint density at radius 3 is 1.24 bits per heavy atom. The van der Waals surface area contributed by atoms with Crippen molar-refractivity contribution in [2.24, 2.45) is 0 Å². The molecule has 330 valence electrons. The van der Waals surface area contributed by atoms with Gasteiger partial charge in [-0.3, -0.25) is 9.97 Å². The van der Waals surface area contributed by atoms with Crippen molar-refractivity contribution in [1.82, 2.24) is 19.1 Å². The predicted octanol–water partition coefficient (Wildman–Crippen LogP) is 15.8. The van der Waals surface area contributed by atoms with Gasteiger partial charge in [0.15, 0.2) is 0 Å². The zero-order valence-electron chi connectivity index (χ0n) is 37.0. The van der Waals surface area contributed by atoms with E-state index in [-0.39, 0.29) is 11.1 Å². The first kappa shape index (κ1) is 41.8. The van der Waals surface area contributed by atoms with Crippen molar-refractivity contribution in [1.29, 1.82) is 10.5 Å². The summed E-state index contributed by atoms with van der Waals surface area (Å²) in [5.74, 6) is 0. The van der Waals surface area contributed by atoms with Gasteiger partial charge in [-0.2, -0.15) is 23.7 Å². The number of aromatic nitrogens is 4.